The van der Waals surface area contributed by atoms with Gasteiger partial charge in [0.2, 0.25) is 11.8 Å². The van der Waals surface area contributed by atoms with Crippen molar-refractivity contribution in [1.29, 1.82) is 0 Å². The van der Waals surface area contributed by atoms with Gasteiger partial charge < -0.3 is 10.2 Å². The molecule has 3 aromatic carbocycles. The number of sulfonamides is 1. The van der Waals surface area contributed by atoms with E-state index in [4.69, 9.17) is 23.2 Å². The van der Waals surface area contributed by atoms with Crippen LogP contribution in [0.2, 0.25) is 10.0 Å². The van der Waals surface area contributed by atoms with E-state index in [9.17, 15) is 18.0 Å². The second kappa shape index (κ2) is 13.5. The summed E-state index contributed by atoms with van der Waals surface area (Å²) < 4.78 is 28.9. The van der Waals surface area contributed by atoms with Crippen LogP contribution in [-0.2, 0) is 26.2 Å². The maximum Gasteiger partial charge on any atom is 0.264 e. The molecule has 0 aliphatic heterocycles. The highest BCUT2D eigenvalue weighted by molar-refractivity contribution is 7.92. The van der Waals surface area contributed by atoms with Crippen molar-refractivity contribution in [3.05, 3.63) is 93.5 Å². The van der Waals surface area contributed by atoms with Crippen molar-refractivity contribution in [1.82, 2.24) is 10.2 Å². The fourth-order valence-corrected chi connectivity index (χ4v) is 5.90. The minimum Gasteiger partial charge on any atom is -0.352 e. The predicted octanol–water partition coefficient (Wildman–Crippen LogP) is 6.14. The van der Waals surface area contributed by atoms with E-state index in [1.54, 1.807) is 48.5 Å². The van der Waals surface area contributed by atoms with E-state index < -0.39 is 28.5 Å². The minimum absolute atomic E-state index is 0.0384. The Morgan fingerprint density at radius 2 is 1.55 bits per heavy atom. The van der Waals surface area contributed by atoms with Crippen molar-refractivity contribution in [2.24, 2.45) is 0 Å². The molecule has 0 unspecified atom stereocenters. The summed E-state index contributed by atoms with van der Waals surface area (Å²) in [5.74, 6) is -0.848. The van der Waals surface area contributed by atoms with E-state index in [1.807, 2.05) is 34.6 Å². The molecule has 3 rings (SSSR count). The quantitative estimate of drug-likeness (QED) is 0.285. The van der Waals surface area contributed by atoms with Crippen molar-refractivity contribution >= 4 is 50.7 Å². The van der Waals surface area contributed by atoms with E-state index >= 15 is 0 Å². The van der Waals surface area contributed by atoms with Gasteiger partial charge in [-0.2, -0.15) is 0 Å². The van der Waals surface area contributed by atoms with E-state index in [2.05, 4.69) is 5.32 Å². The van der Waals surface area contributed by atoms with Gasteiger partial charge in [0.15, 0.2) is 0 Å². The number of rotatable bonds is 11. The molecular formula is C30H35Cl2N3O4S. The maximum atomic E-state index is 14.1. The topological polar surface area (TPSA) is 86.8 Å². The largest absolute Gasteiger partial charge is 0.352 e. The highest BCUT2D eigenvalue weighted by Crippen LogP contribution is 2.29. The van der Waals surface area contributed by atoms with Crippen LogP contribution in [0.1, 0.15) is 43.9 Å². The standard InChI is InChI=1S/C30H35Cl2N3O4S/c1-6-28(30(37)33-20(2)3)34(18-23-10-12-24(31)13-11-23)29(36)19-35(25-14-9-22(5)27(32)17-25)40(38,39)26-15-7-21(4)8-16-26/h7-17,20,28H,6,18-19H2,1-5H3,(H,33,37)/t28-/m0/s1. The van der Waals surface area contributed by atoms with Crippen LogP contribution in [0.15, 0.2) is 71.6 Å². The number of carbonyl (C=O) groups excluding carboxylic acids is 2. The van der Waals surface area contributed by atoms with Gasteiger partial charge in [0.1, 0.15) is 12.6 Å². The fourth-order valence-electron chi connectivity index (χ4n) is 4.19. The van der Waals surface area contributed by atoms with Crippen LogP contribution >= 0.6 is 23.2 Å². The molecule has 214 valence electrons. The van der Waals surface area contributed by atoms with E-state index in [1.165, 1.54) is 23.1 Å². The number of anilines is 1. The molecule has 0 aliphatic rings. The second-order valence-electron chi connectivity index (χ2n) is 9.99. The molecule has 0 aromatic heterocycles. The number of halogens is 2. The molecule has 0 heterocycles. The Bertz CT molecular complexity index is 1440. The van der Waals surface area contributed by atoms with Crippen molar-refractivity contribution in [3.8, 4) is 0 Å². The summed E-state index contributed by atoms with van der Waals surface area (Å²) in [7, 11) is -4.17. The molecule has 2 amide bonds. The molecule has 0 spiro atoms. The Kier molecular flexibility index (Phi) is 10.6. The summed E-state index contributed by atoms with van der Waals surface area (Å²) in [5.41, 5.74) is 2.66. The van der Waals surface area contributed by atoms with E-state index in [-0.39, 0.29) is 29.1 Å². The number of carbonyl (C=O) groups is 2. The number of amides is 2. The Morgan fingerprint density at radius 1 is 0.925 bits per heavy atom. The maximum absolute atomic E-state index is 14.1. The number of aryl methyl sites for hydroxylation is 2. The molecule has 1 atom stereocenters. The van der Waals surface area contributed by atoms with Crippen molar-refractivity contribution in [3.63, 3.8) is 0 Å². The summed E-state index contributed by atoms with van der Waals surface area (Å²) in [4.78, 5) is 28.7. The molecule has 40 heavy (non-hydrogen) atoms. The number of nitrogens with zero attached hydrogens (tertiary/aromatic N) is 2. The molecule has 0 saturated carbocycles. The Morgan fingerprint density at radius 3 is 2.10 bits per heavy atom. The molecule has 3 aromatic rings. The lowest BCUT2D eigenvalue weighted by Crippen LogP contribution is -2.53. The molecule has 0 fully saturated rings. The summed E-state index contributed by atoms with van der Waals surface area (Å²) in [5, 5.41) is 3.79. The number of benzene rings is 3. The monoisotopic (exact) mass is 603 g/mol. The van der Waals surface area contributed by atoms with Crippen LogP contribution in [-0.4, -0.2) is 43.8 Å². The highest BCUT2D eigenvalue weighted by Gasteiger charge is 2.34. The van der Waals surface area contributed by atoms with Crippen molar-refractivity contribution in [2.45, 2.75) is 64.6 Å². The summed E-state index contributed by atoms with van der Waals surface area (Å²) >= 11 is 12.4. The number of nitrogens with one attached hydrogen (secondary N) is 1. The van der Waals surface area contributed by atoms with Gasteiger partial charge in [-0.15, -0.1) is 0 Å². The Hall–Kier alpha value is -3.07. The SMILES string of the molecule is CC[C@@H](C(=O)NC(C)C)N(Cc1ccc(Cl)cc1)C(=O)CN(c1ccc(C)c(Cl)c1)S(=O)(=O)c1ccc(C)cc1. The van der Waals surface area contributed by atoms with Gasteiger partial charge in [0.05, 0.1) is 10.6 Å². The fraction of sp³-hybridized carbons (Fsp3) is 0.333. The van der Waals surface area contributed by atoms with Crippen LogP contribution in [0.4, 0.5) is 5.69 Å². The lowest BCUT2D eigenvalue weighted by Gasteiger charge is -2.33. The molecule has 0 radical (unpaired) electrons. The Balaban J connectivity index is 2.08. The van der Waals surface area contributed by atoms with Crippen molar-refractivity contribution < 1.29 is 18.0 Å². The molecular weight excluding hydrogens is 569 g/mol. The van der Waals surface area contributed by atoms with Gasteiger partial charge in [-0.1, -0.05) is 66.0 Å². The third kappa shape index (κ3) is 7.77. The van der Waals surface area contributed by atoms with Gasteiger partial charge in [-0.25, -0.2) is 8.42 Å². The normalized spacial score (nSPS) is 12.2. The number of hydrogen-bond donors (Lipinski definition) is 1. The first-order valence-corrected chi connectivity index (χ1v) is 15.2. The smallest absolute Gasteiger partial charge is 0.264 e. The summed E-state index contributed by atoms with van der Waals surface area (Å²) in [6, 6.07) is 17.3. The third-order valence-electron chi connectivity index (χ3n) is 6.41. The lowest BCUT2D eigenvalue weighted by atomic mass is 10.1. The molecule has 0 saturated heterocycles. The third-order valence-corrected chi connectivity index (χ3v) is 8.86. The van der Waals surface area contributed by atoms with Gasteiger partial charge in [0.25, 0.3) is 10.0 Å². The molecule has 1 N–H and O–H groups in total. The molecule has 0 bridgehead atoms. The second-order valence-corrected chi connectivity index (χ2v) is 12.7. The van der Waals surface area contributed by atoms with Crippen LogP contribution in [0, 0.1) is 13.8 Å². The average molecular weight is 605 g/mol. The zero-order chi connectivity index (χ0) is 29.6. The highest BCUT2D eigenvalue weighted by atomic mass is 35.5. The van der Waals surface area contributed by atoms with Gasteiger partial charge in [-0.05, 0) is 81.6 Å². The zero-order valence-corrected chi connectivity index (χ0v) is 25.6. The van der Waals surface area contributed by atoms with Crippen molar-refractivity contribution in [2.75, 3.05) is 10.8 Å². The average Bonchev–Trinajstić information content (AvgIpc) is 2.89. The van der Waals surface area contributed by atoms with Gasteiger partial charge in [-0.3, -0.25) is 13.9 Å². The molecule has 10 heteroatoms. The summed E-state index contributed by atoms with van der Waals surface area (Å²) in [6.45, 7) is 8.72. The van der Waals surface area contributed by atoms with Gasteiger partial charge in [0, 0.05) is 22.6 Å². The number of hydrogen-bond acceptors (Lipinski definition) is 4. The van der Waals surface area contributed by atoms with Crippen LogP contribution < -0.4 is 9.62 Å². The van der Waals surface area contributed by atoms with E-state index in [0.29, 0.717) is 16.5 Å². The van der Waals surface area contributed by atoms with Crippen LogP contribution in [0.25, 0.3) is 0 Å². The minimum atomic E-state index is -4.17. The first kappa shape index (κ1) is 31.5. The molecule has 0 aliphatic carbocycles. The zero-order valence-electron chi connectivity index (χ0n) is 23.3. The van der Waals surface area contributed by atoms with Crippen LogP contribution in [0.5, 0.6) is 0 Å². The first-order valence-electron chi connectivity index (χ1n) is 13.0. The van der Waals surface area contributed by atoms with Gasteiger partial charge >= 0.3 is 0 Å². The van der Waals surface area contributed by atoms with E-state index in [0.717, 1.165) is 21.0 Å². The predicted molar refractivity (Wildman–Crippen MR) is 161 cm³/mol. The van der Waals surface area contributed by atoms with Crippen LogP contribution in [0.3, 0.4) is 0 Å². The first-order chi connectivity index (χ1) is 18.8. The molecule has 7 nitrogen and oxygen atoms in total. The lowest BCUT2D eigenvalue weighted by molar-refractivity contribution is -0.140. The summed E-state index contributed by atoms with van der Waals surface area (Å²) in [6.07, 6.45) is 0.332. The Labute approximate surface area is 247 Å².